The van der Waals surface area contributed by atoms with Gasteiger partial charge in [-0.05, 0) is 6.07 Å². The second-order valence-corrected chi connectivity index (χ2v) is 3.79. The highest BCUT2D eigenvalue weighted by molar-refractivity contribution is 6.33. The topological polar surface area (TPSA) is 49.4 Å². The van der Waals surface area contributed by atoms with Gasteiger partial charge in [0.2, 0.25) is 5.91 Å². The van der Waals surface area contributed by atoms with Crippen LogP contribution in [0.4, 0.5) is 5.69 Å². The van der Waals surface area contributed by atoms with Crippen LogP contribution in [0.1, 0.15) is 5.56 Å². The van der Waals surface area contributed by atoms with E-state index < -0.39 is 0 Å². The van der Waals surface area contributed by atoms with Gasteiger partial charge in [0.25, 0.3) is 5.91 Å². The molecule has 1 aliphatic rings. The summed E-state index contributed by atoms with van der Waals surface area (Å²) < 4.78 is 0. The van der Waals surface area contributed by atoms with Crippen molar-refractivity contribution in [1.82, 2.24) is 4.90 Å². The second kappa shape index (κ2) is 3.81. The number of para-hydroxylation sites is 1. The monoisotopic (exact) mass is 216 g/mol. The minimum atomic E-state index is -0.226. The van der Waals surface area contributed by atoms with Crippen LogP contribution in [0.15, 0.2) is 30.3 Å². The number of carbonyl (C=O) groups excluding carboxylic acids is 2. The van der Waals surface area contributed by atoms with Crippen molar-refractivity contribution in [3.63, 3.8) is 0 Å². The summed E-state index contributed by atoms with van der Waals surface area (Å²) >= 11 is 0. The summed E-state index contributed by atoms with van der Waals surface area (Å²) in [5.41, 5.74) is 1.96. The van der Waals surface area contributed by atoms with E-state index in [1.54, 1.807) is 14.1 Å². The second-order valence-electron chi connectivity index (χ2n) is 3.79. The van der Waals surface area contributed by atoms with Gasteiger partial charge in [-0.25, -0.2) is 0 Å². The standard InChI is InChI=1S/C12H12N2O2/c1-14(2)11(15)7-9-8-5-3-4-6-10(8)13-12(9)16/h3-7H,1-2H3,(H,13,16)/b9-7+. The first-order valence-corrected chi connectivity index (χ1v) is 4.93. The molecule has 0 aromatic heterocycles. The van der Waals surface area contributed by atoms with Crippen LogP contribution < -0.4 is 5.32 Å². The van der Waals surface area contributed by atoms with E-state index in [4.69, 9.17) is 0 Å². The number of nitrogens with zero attached hydrogens (tertiary/aromatic N) is 1. The third-order valence-corrected chi connectivity index (χ3v) is 2.42. The summed E-state index contributed by atoms with van der Waals surface area (Å²) in [4.78, 5) is 24.6. The van der Waals surface area contributed by atoms with Crippen LogP contribution in [0.2, 0.25) is 0 Å². The van der Waals surface area contributed by atoms with E-state index in [9.17, 15) is 9.59 Å². The highest BCUT2D eigenvalue weighted by Crippen LogP contribution is 2.30. The molecule has 0 saturated heterocycles. The Morgan fingerprint density at radius 1 is 1.31 bits per heavy atom. The molecule has 0 unspecified atom stereocenters. The van der Waals surface area contributed by atoms with E-state index in [2.05, 4.69) is 5.32 Å². The van der Waals surface area contributed by atoms with E-state index in [1.807, 2.05) is 24.3 Å². The lowest BCUT2D eigenvalue weighted by Crippen LogP contribution is -2.20. The molecule has 1 heterocycles. The zero-order valence-electron chi connectivity index (χ0n) is 9.15. The van der Waals surface area contributed by atoms with E-state index in [0.717, 1.165) is 11.3 Å². The molecule has 0 bridgehead atoms. The van der Waals surface area contributed by atoms with Crippen LogP contribution in [-0.2, 0) is 9.59 Å². The quantitative estimate of drug-likeness (QED) is 0.715. The molecule has 0 atom stereocenters. The molecular formula is C12H12N2O2. The van der Waals surface area contributed by atoms with Crippen molar-refractivity contribution in [3.05, 3.63) is 35.9 Å². The van der Waals surface area contributed by atoms with Crippen molar-refractivity contribution in [2.75, 3.05) is 19.4 Å². The summed E-state index contributed by atoms with van der Waals surface area (Å²) in [7, 11) is 3.30. The van der Waals surface area contributed by atoms with Crippen LogP contribution in [0.3, 0.4) is 0 Å². The van der Waals surface area contributed by atoms with Crippen LogP contribution in [-0.4, -0.2) is 30.8 Å². The molecule has 2 rings (SSSR count). The average Bonchev–Trinajstić information content (AvgIpc) is 2.55. The summed E-state index contributed by atoms with van der Waals surface area (Å²) in [5, 5.41) is 2.71. The number of fused-ring (bicyclic) bond motifs is 1. The zero-order valence-corrected chi connectivity index (χ0v) is 9.15. The van der Waals surface area contributed by atoms with Crippen LogP contribution in [0, 0.1) is 0 Å². The third-order valence-electron chi connectivity index (χ3n) is 2.42. The normalized spacial score (nSPS) is 15.9. The molecule has 82 valence electrons. The fourth-order valence-electron chi connectivity index (χ4n) is 1.53. The van der Waals surface area contributed by atoms with Gasteiger partial charge >= 0.3 is 0 Å². The van der Waals surface area contributed by atoms with E-state index >= 15 is 0 Å². The van der Waals surface area contributed by atoms with Gasteiger partial charge in [0.1, 0.15) is 0 Å². The number of rotatable bonds is 1. The average molecular weight is 216 g/mol. The van der Waals surface area contributed by atoms with Gasteiger partial charge < -0.3 is 10.2 Å². The van der Waals surface area contributed by atoms with Crippen LogP contribution >= 0.6 is 0 Å². The number of likely N-dealkylation sites (N-methyl/N-ethyl adjacent to an activating group) is 1. The van der Waals surface area contributed by atoms with Crippen molar-refractivity contribution < 1.29 is 9.59 Å². The number of anilines is 1. The Kier molecular flexibility index (Phi) is 2.48. The van der Waals surface area contributed by atoms with Crippen LogP contribution in [0.5, 0.6) is 0 Å². The number of hydrogen-bond donors (Lipinski definition) is 1. The fourth-order valence-corrected chi connectivity index (χ4v) is 1.53. The molecule has 0 fully saturated rings. The van der Waals surface area contributed by atoms with Crippen molar-refractivity contribution >= 4 is 23.1 Å². The van der Waals surface area contributed by atoms with Crippen molar-refractivity contribution in [2.24, 2.45) is 0 Å². The number of benzene rings is 1. The molecule has 0 spiro atoms. The molecule has 2 amide bonds. The smallest absolute Gasteiger partial charge is 0.256 e. The largest absolute Gasteiger partial charge is 0.345 e. The maximum Gasteiger partial charge on any atom is 0.256 e. The van der Waals surface area contributed by atoms with Gasteiger partial charge in [-0.1, -0.05) is 18.2 Å². The lowest BCUT2D eigenvalue weighted by atomic mass is 10.1. The van der Waals surface area contributed by atoms with E-state index in [1.165, 1.54) is 11.0 Å². The van der Waals surface area contributed by atoms with Gasteiger partial charge in [-0.15, -0.1) is 0 Å². The molecule has 1 aromatic carbocycles. The van der Waals surface area contributed by atoms with Gasteiger partial charge in [0, 0.05) is 31.4 Å². The minimum absolute atomic E-state index is 0.193. The summed E-state index contributed by atoms with van der Waals surface area (Å²) in [6.07, 6.45) is 1.36. The van der Waals surface area contributed by atoms with Gasteiger partial charge in [0.05, 0.1) is 5.57 Å². The molecule has 0 radical (unpaired) electrons. The molecule has 1 aliphatic heterocycles. The highest BCUT2D eigenvalue weighted by atomic mass is 16.2. The lowest BCUT2D eigenvalue weighted by Gasteiger charge is -2.06. The first-order chi connectivity index (χ1) is 7.59. The molecule has 0 aliphatic carbocycles. The molecule has 1 N–H and O–H groups in total. The first-order valence-electron chi connectivity index (χ1n) is 4.93. The fraction of sp³-hybridized carbons (Fsp3) is 0.167. The molecule has 0 saturated carbocycles. The van der Waals surface area contributed by atoms with Crippen molar-refractivity contribution in [3.8, 4) is 0 Å². The number of nitrogens with one attached hydrogen (secondary N) is 1. The Balaban J connectivity index is 2.43. The van der Waals surface area contributed by atoms with Crippen molar-refractivity contribution in [1.29, 1.82) is 0 Å². The Morgan fingerprint density at radius 2 is 2.00 bits per heavy atom. The predicted molar refractivity (Wildman–Crippen MR) is 61.7 cm³/mol. The Labute approximate surface area is 93.6 Å². The maximum atomic E-state index is 11.6. The summed E-state index contributed by atoms with van der Waals surface area (Å²) in [5.74, 6) is -0.418. The summed E-state index contributed by atoms with van der Waals surface area (Å²) in [6.45, 7) is 0. The third kappa shape index (κ3) is 1.69. The predicted octanol–water partition coefficient (Wildman–Crippen LogP) is 1.11. The molecule has 4 nitrogen and oxygen atoms in total. The molecule has 16 heavy (non-hydrogen) atoms. The Hall–Kier alpha value is -2.10. The molecule has 1 aromatic rings. The number of hydrogen-bond acceptors (Lipinski definition) is 2. The maximum absolute atomic E-state index is 11.6. The molecular weight excluding hydrogens is 204 g/mol. The summed E-state index contributed by atoms with van der Waals surface area (Å²) in [6, 6.07) is 7.32. The van der Waals surface area contributed by atoms with Gasteiger partial charge in [-0.2, -0.15) is 0 Å². The van der Waals surface area contributed by atoms with Crippen molar-refractivity contribution in [2.45, 2.75) is 0 Å². The van der Waals surface area contributed by atoms with Gasteiger partial charge in [-0.3, -0.25) is 9.59 Å². The number of amides is 2. The van der Waals surface area contributed by atoms with Gasteiger partial charge in [0.15, 0.2) is 0 Å². The molecule has 4 heteroatoms. The SMILES string of the molecule is CN(C)C(=O)/C=C1/C(=O)Nc2ccccc21. The Bertz CT molecular complexity index is 490. The highest BCUT2D eigenvalue weighted by Gasteiger charge is 2.24. The minimum Gasteiger partial charge on any atom is -0.345 e. The number of carbonyl (C=O) groups is 2. The first kappa shape index (κ1) is 10.4. The Morgan fingerprint density at radius 3 is 2.69 bits per heavy atom. The zero-order chi connectivity index (χ0) is 11.7. The van der Waals surface area contributed by atoms with Crippen LogP contribution in [0.25, 0.3) is 5.57 Å². The van der Waals surface area contributed by atoms with E-state index in [0.29, 0.717) is 5.57 Å². The van der Waals surface area contributed by atoms with E-state index in [-0.39, 0.29) is 11.8 Å². The lowest BCUT2D eigenvalue weighted by molar-refractivity contribution is -0.123.